The lowest BCUT2D eigenvalue weighted by atomic mass is 9.68. The molecule has 0 saturated heterocycles. The van der Waals surface area contributed by atoms with E-state index in [1.807, 2.05) is 44.1 Å². The Balaban J connectivity index is 1.35. The van der Waals surface area contributed by atoms with E-state index in [1.165, 1.54) is 11.1 Å². The standard InChI is InChI=1S/C38H51ClN4O6S/c1-4-30-9-5-6-10-34(48-23-36(44)40-18-19-42(2)3)31-14-11-28(31)22-43-24-38(17-7-8-26-20-29(39)13-15-32(26)38)25-49-35-16-12-27(21-33(35)43)37(45)41-50(30,46)47/h6,10,12-13,15-16,20-21,28,30-31,34H,4-5,7-9,11,14,17-19,22-25H2,1-3H3,(H,40,44)(H,41,45)/b10-6-/t28-,30+,31+,34-,38-/m0/s1. The Kier molecular flexibility index (Phi) is 11.5. The van der Waals surface area contributed by atoms with Crippen molar-refractivity contribution in [2.75, 3.05) is 58.4 Å². The fourth-order valence-corrected chi connectivity index (χ4v) is 9.74. The number of ether oxygens (including phenoxy) is 2. The maximum Gasteiger partial charge on any atom is 0.264 e. The van der Waals surface area contributed by atoms with Gasteiger partial charge in [-0.2, -0.15) is 0 Å². The zero-order chi connectivity index (χ0) is 35.5. The monoisotopic (exact) mass is 726 g/mol. The van der Waals surface area contributed by atoms with Crippen molar-refractivity contribution in [3.05, 3.63) is 70.3 Å². The summed E-state index contributed by atoms with van der Waals surface area (Å²) in [5, 5.41) is 2.93. The number of nitrogens with zero attached hydrogens (tertiary/aromatic N) is 2. The minimum atomic E-state index is -3.93. The fourth-order valence-electron chi connectivity index (χ4n) is 8.12. The molecule has 50 heavy (non-hydrogen) atoms. The second-order valence-corrected chi connectivity index (χ2v) is 17.1. The number of hydrogen-bond donors (Lipinski definition) is 2. The molecule has 0 radical (unpaired) electrons. The van der Waals surface area contributed by atoms with Crippen molar-refractivity contribution in [1.82, 2.24) is 14.9 Å². The van der Waals surface area contributed by atoms with E-state index < -0.39 is 21.2 Å². The van der Waals surface area contributed by atoms with E-state index in [-0.39, 0.29) is 41.4 Å². The second-order valence-electron chi connectivity index (χ2n) is 14.7. The van der Waals surface area contributed by atoms with Crippen molar-refractivity contribution in [3.8, 4) is 5.75 Å². The van der Waals surface area contributed by atoms with Gasteiger partial charge in [-0.1, -0.05) is 36.7 Å². The minimum absolute atomic E-state index is 0.0458. The molecule has 5 atom stereocenters. The molecule has 1 saturated carbocycles. The van der Waals surface area contributed by atoms with E-state index in [4.69, 9.17) is 21.1 Å². The van der Waals surface area contributed by atoms with Gasteiger partial charge in [-0.15, -0.1) is 0 Å². The number of sulfonamides is 1. The van der Waals surface area contributed by atoms with Crippen LogP contribution >= 0.6 is 11.6 Å². The molecule has 2 heterocycles. The molecular weight excluding hydrogens is 676 g/mol. The summed E-state index contributed by atoms with van der Waals surface area (Å²) in [7, 11) is -0.00770. The third kappa shape index (κ3) is 8.16. The van der Waals surface area contributed by atoms with Gasteiger partial charge in [-0.25, -0.2) is 13.1 Å². The summed E-state index contributed by atoms with van der Waals surface area (Å²) in [6.07, 6.45) is 9.83. The Morgan fingerprint density at radius 1 is 1.18 bits per heavy atom. The summed E-state index contributed by atoms with van der Waals surface area (Å²) < 4.78 is 42.2. The number of carbonyl (C=O) groups is 2. The quantitative estimate of drug-likeness (QED) is 0.380. The highest BCUT2D eigenvalue weighted by Gasteiger charge is 2.44. The molecule has 1 fully saturated rings. The van der Waals surface area contributed by atoms with Gasteiger partial charge in [0.25, 0.3) is 5.91 Å². The lowest BCUT2D eigenvalue weighted by molar-refractivity contribution is -0.129. The molecule has 12 heteroatoms. The van der Waals surface area contributed by atoms with Crippen LogP contribution in [0.15, 0.2) is 48.6 Å². The number of fused-ring (bicyclic) bond motifs is 4. The fraction of sp³-hybridized carbons (Fsp3) is 0.579. The number of likely N-dealkylation sites (N-methyl/N-ethyl adjacent to an activating group) is 1. The first-order valence-corrected chi connectivity index (χ1v) is 20.0. The van der Waals surface area contributed by atoms with Crippen molar-refractivity contribution in [1.29, 1.82) is 0 Å². The van der Waals surface area contributed by atoms with Gasteiger partial charge in [0, 0.05) is 42.2 Å². The Morgan fingerprint density at radius 2 is 2.02 bits per heavy atom. The zero-order valence-electron chi connectivity index (χ0n) is 29.5. The second kappa shape index (κ2) is 15.6. The summed E-state index contributed by atoms with van der Waals surface area (Å²) in [6.45, 7) is 4.92. The van der Waals surface area contributed by atoms with E-state index in [0.717, 1.165) is 49.4 Å². The van der Waals surface area contributed by atoms with E-state index in [2.05, 4.69) is 27.1 Å². The van der Waals surface area contributed by atoms with E-state index in [0.29, 0.717) is 51.3 Å². The van der Waals surface area contributed by atoms with Gasteiger partial charge in [0.15, 0.2) is 0 Å². The van der Waals surface area contributed by atoms with Crippen LogP contribution in [0.2, 0.25) is 5.02 Å². The number of halogens is 1. The molecule has 2 aromatic carbocycles. The molecule has 1 spiro atoms. The number of allylic oxidation sites excluding steroid dienone is 1. The smallest absolute Gasteiger partial charge is 0.264 e. The van der Waals surface area contributed by atoms with Crippen molar-refractivity contribution >= 4 is 39.1 Å². The molecule has 10 nitrogen and oxygen atoms in total. The van der Waals surface area contributed by atoms with Crippen LogP contribution < -0.4 is 19.7 Å². The molecule has 2 amide bonds. The lowest BCUT2D eigenvalue weighted by Crippen LogP contribution is -2.50. The van der Waals surface area contributed by atoms with Crippen LogP contribution in [-0.4, -0.2) is 90.0 Å². The Labute approximate surface area is 301 Å². The third-order valence-electron chi connectivity index (χ3n) is 11.1. The van der Waals surface area contributed by atoms with Gasteiger partial charge in [0.1, 0.15) is 12.4 Å². The molecule has 0 aromatic heterocycles. The average molecular weight is 727 g/mol. The van der Waals surface area contributed by atoms with Crippen LogP contribution in [0.3, 0.4) is 0 Å². The van der Waals surface area contributed by atoms with Crippen molar-refractivity contribution < 1.29 is 27.5 Å². The van der Waals surface area contributed by atoms with Crippen LogP contribution in [0.1, 0.15) is 73.4 Å². The molecule has 4 aliphatic rings. The third-order valence-corrected chi connectivity index (χ3v) is 13.2. The van der Waals surface area contributed by atoms with Gasteiger partial charge in [0.05, 0.1) is 23.6 Å². The highest BCUT2D eigenvalue weighted by molar-refractivity contribution is 7.90. The summed E-state index contributed by atoms with van der Waals surface area (Å²) in [5.74, 6) is 0.330. The normalized spacial score (nSPS) is 28.3. The molecule has 2 aliphatic heterocycles. The van der Waals surface area contributed by atoms with Gasteiger partial charge < -0.3 is 24.6 Å². The molecule has 0 unspecified atom stereocenters. The van der Waals surface area contributed by atoms with Gasteiger partial charge >= 0.3 is 0 Å². The SMILES string of the molecule is CC[C@@H]1CC/C=C\[C@H](OCC(=O)NCCN(C)C)[C@@H]2CC[C@H]2CN2C[C@@]3(CCCc4cc(Cl)ccc43)COc3ccc(cc32)C(=O)NS1(=O)=O. The lowest BCUT2D eigenvalue weighted by Gasteiger charge is -2.46. The van der Waals surface area contributed by atoms with Crippen molar-refractivity contribution in [2.24, 2.45) is 11.8 Å². The van der Waals surface area contributed by atoms with Crippen molar-refractivity contribution in [2.45, 2.75) is 75.1 Å². The minimum Gasteiger partial charge on any atom is -0.490 e. The summed E-state index contributed by atoms with van der Waals surface area (Å²) >= 11 is 6.45. The van der Waals surface area contributed by atoms with E-state index in [1.54, 1.807) is 18.2 Å². The zero-order valence-corrected chi connectivity index (χ0v) is 31.0. The Morgan fingerprint density at radius 3 is 2.78 bits per heavy atom. The van der Waals surface area contributed by atoms with Crippen LogP contribution in [0, 0.1) is 11.8 Å². The van der Waals surface area contributed by atoms with E-state index >= 15 is 0 Å². The Bertz CT molecular complexity index is 1700. The number of benzene rings is 2. The van der Waals surface area contributed by atoms with Crippen LogP contribution in [-0.2, 0) is 31.4 Å². The number of rotatable bonds is 7. The number of nitrogens with one attached hydrogen (secondary N) is 2. The molecular formula is C38H51ClN4O6S. The molecule has 272 valence electrons. The predicted octanol–water partition coefficient (Wildman–Crippen LogP) is 5.09. The first kappa shape index (κ1) is 36.7. The molecule has 2 aliphatic carbocycles. The first-order chi connectivity index (χ1) is 24.0. The number of amides is 2. The summed E-state index contributed by atoms with van der Waals surface area (Å²) in [5.41, 5.74) is 3.26. The van der Waals surface area contributed by atoms with Crippen LogP contribution in [0.25, 0.3) is 0 Å². The first-order valence-electron chi connectivity index (χ1n) is 18.0. The Hall–Kier alpha value is -3.12. The molecule has 2 bridgehead atoms. The molecule has 2 aromatic rings. The van der Waals surface area contributed by atoms with Crippen LogP contribution in [0.5, 0.6) is 5.75 Å². The van der Waals surface area contributed by atoms with Gasteiger partial charge in [-0.05, 0) is 119 Å². The molecule has 6 rings (SSSR count). The number of carbonyl (C=O) groups excluding carboxylic acids is 2. The maximum atomic E-state index is 13.5. The maximum absolute atomic E-state index is 13.5. The number of hydrogen-bond acceptors (Lipinski definition) is 8. The predicted molar refractivity (Wildman–Crippen MR) is 197 cm³/mol. The van der Waals surface area contributed by atoms with Crippen molar-refractivity contribution in [3.63, 3.8) is 0 Å². The summed E-state index contributed by atoms with van der Waals surface area (Å²) in [6, 6.07) is 11.4. The highest BCUT2D eigenvalue weighted by Crippen LogP contribution is 2.47. The topological polar surface area (TPSA) is 117 Å². The number of aryl methyl sites for hydroxylation is 1. The summed E-state index contributed by atoms with van der Waals surface area (Å²) in [4.78, 5) is 30.6. The van der Waals surface area contributed by atoms with Gasteiger partial charge in [-0.3, -0.25) is 9.59 Å². The molecule has 2 N–H and O–H groups in total. The number of anilines is 1. The highest BCUT2D eigenvalue weighted by atomic mass is 35.5. The van der Waals surface area contributed by atoms with Gasteiger partial charge in [0.2, 0.25) is 15.9 Å². The van der Waals surface area contributed by atoms with Crippen LogP contribution in [0.4, 0.5) is 5.69 Å². The largest absolute Gasteiger partial charge is 0.490 e. The average Bonchev–Trinajstić information content (AvgIpc) is 3.21. The van der Waals surface area contributed by atoms with E-state index in [9.17, 15) is 18.0 Å².